The van der Waals surface area contributed by atoms with Crippen LogP contribution >= 0.6 is 0 Å². The van der Waals surface area contributed by atoms with Crippen LogP contribution in [0.3, 0.4) is 0 Å². The highest BCUT2D eigenvalue weighted by Gasteiger charge is 2.61. The summed E-state index contributed by atoms with van der Waals surface area (Å²) in [5.41, 5.74) is -2.20. The topological polar surface area (TPSA) is 99.5 Å². The van der Waals surface area contributed by atoms with Crippen LogP contribution in [0.4, 0.5) is 0 Å². The molecule has 0 aromatic carbocycles. The predicted molar refractivity (Wildman–Crippen MR) is 251 cm³/mol. The molecule has 2 heterocycles. The normalized spacial score (nSPS) is 19.8. The van der Waals surface area contributed by atoms with Gasteiger partial charge in [-0.1, -0.05) is 155 Å². The van der Waals surface area contributed by atoms with Gasteiger partial charge in [0.2, 0.25) is 0 Å². The molecule has 2 N–H and O–H groups in total. The fourth-order valence-corrected chi connectivity index (χ4v) is 11.9. The van der Waals surface area contributed by atoms with Crippen LogP contribution in [0, 0.1) is 17.3 Å². The maximum atomic E-state index is 14.3. The Morgan fingerprint density at radius 3 is 1.05 bits per heavy atom. The van der Waals surface area contributed by atoms with Crippen LogP contribution in [0.2, 0.25) is 0 Å². The number of rotatable bonds is 35. The van der Waals surface area contributed by atoms with Crippen molar-refractivity contribution in [1.29, 1.82) is 0 Å². The van der Waals surface area contributed by atoms with Gasteiger partial charge in [-0.05, 0) is 119 Å². The van der Waals surface area contributed by atoms with E-state index in [-0.39, 0.29) is 40.4 Å². The highest BCUT2D eigenvalue weighted by atomic mass is 16.7. The monoisotopic (exact) mass is 849 g/mol. The molecule has 8 nitrogen and oxygen atoms in total. The smallest absolute Gasteiger partial charge is 0.310 e. The van der Waals surface area contributed by atoms with Gasteiger partial charge in [0.05, 0.1) is 18.6 Å². The number of carbonyl (C=O) groups is 2. The van der Waals surface area contributed by atoms with E-state index < -0.39 is 17.4 Å². The van der Waals surface area contributed by atoms with Gasteiger partial charge in [-0.3, -0.25) is 19.3 Å². The number of piperidine rings is 2. The van der Waals surface area contributed by atoms with Crippen molar-refractivity contribution in [3.05, 3.63) is 0 Å². The van der Waals surface area contributed by atoms with Gasteiger partial charge in [0, 0.05) is 28.6 Å². The molecule has 2 aliphatic heterocycles. The molecule has 0 unspecified atom stereocenters. The first-order valence-electron chi connectivity index (χ1n) is 25.7. The van der Waals surface area contributed by atoms with E-state index >= 15 is 0 Å². The Morgan fingerprint density at radius 1 is 0.467 bits per heavy atom. The molecule has 0 aromatic rings. The van der Waals surface area contributed by atoms with E-state index in [0.29, 0.717) is 26.1 Å². The van der Waals surface area contributed by atoms with E-state index in [1.165, 1.54) is 116 Å². The first-order valence-corrected chi connectivity index (χ1v) is 25.7. The summed E-state index contributed by atoms with van der Waals surface area (Å²) >= 11 is 0. The molecule has 0 radical (unpaired) electrons. The lowest BCUT2D eigenvalue weighted by molar-refractivity contribution is -0.307. The van der Waals surface area contributed by atoms with Gasteiger partial charge < -0.3 is 10.2 Å². The number of aliphatic carboxylic acids is 2. The summed E-state index contributed by atoms with van der Waals surface area (Å²) in [5, 5.41) is 25.4. The average Bonchev–Trinajstić information content (AvgIpc) is 3.14. The Kier molecular flexibility index (Phi) is 25.5. The highest BCUT2D eigenvalue weighted by Crippen LogP contribution is 2.58. The standard InChI is InChI=1S/C52H100N2O6/c1-11-13-15-17-19-21-23-25-30-34-38-59-53-48(3,4)40-44(41-49(53,5)6)52(47(57)58,37-33-29-27-28-32-36-46(55)56)45-42-50(7,8)54(51(9,10)43-45)60-39-35-31-26-24-22-20-18-16-14-12-2/h44-45H,11-43H2,1-10H3,(H,55,56)(H,57,58). The minimum Gasteiger partial charge on any atom is -0.481 e. The second-order valence-corrected chi connectivity index (χ2v) is 22.1. The van der Waals surface area contributed by atoms with Gasteiger partial charge >= 0.3 is 11.9 Å². The summed E-state index contributed by atoms with van der Waals surface area (Å²) < 4.78 is 0. The van der Waals surface area contributed by atoms with Crippen molar-refractivity contribution in [2.75, 3.05) is 13.2 Å². The molecule has 8 heteroatoms. The number of hydrogen-bond acceptors (Lipinski definition) is 6. The van der Waals surface area contributed by atoms with Gasteiger partial charge in [0.1, 0.15) is 0 Å². The number of hydrogen-bond donors (Lipinski definition) is 2. The van der Waals surface area contributed by atoms with Crippen LogP contribution < -0.4 is 0 Å². The molecule has 2 rings (SSSR count). The average molecular weight is 849 g/mol. The molecule has 354 valence electrons. The molecule has 0 aliphatic carbocycles. The Morgan fingerprint density at radius 2 is 0.750 bits per heavy atom. The predicted octanol–water partition coefficient (Wildman–Crippen LogP) is 15.1. The molecule has 2 aliphatic rings. The van der Waals surface area contributed by atoms with E-state index in [2.05, 4.69) is 79.4 Å². The Labute approximate surface area is 371 Å². The zero-order valence-electron chi connectivity index (χ0n) is 41.4. The van der Waals surface area contributed by atoms with E-state index in [9.17, 15) is 14.7 Å². The Balaban J connectivity index is 2.17. The zero-order valence-corrected chi connectivity index (χ0v) is 41.4. The summed E-state index contributed by atoms with van der Waals surface area (Å²) in [6.45, 7) is 24.1. The van der Waals surface area contributed by atoms with Crippen LogP contribution in [0.5, 0.6) is 0 Å². The van der Waals surface area contributed by atoms with E-state index in [4.69, 9.17) is 14.8 Å². The maximum absolute atomic E-state index is 14.3. The molecule has 0 amide bonds. The maximum Gasteiger partial charge on any atom is 0.310 e. The van der Waals surface area contributed by atoms with Crippen molar-refractivity contribution >= 4 is 11.9 Å². The number of carboxylic acid groups (broad SMARTS) is 2. The summed E-state index contributed by atoms with van der Waals surface area (Å²) in [5.74, 6) is -1.41. The van der Waals surface area contributed by atoms with Crippen molar-refractivity contribution in [1.82, 2.24) is 10.1 Å². The van der Waals surface area contributed by atoms with Crippen LogP contribution in [0.1, 0.15) is 268 Å². The third-order valence-corrected chi connectivity index (χ3v) is 14.5. The zero-order chi connectivity index (χ0) is 44.7. The molecule has 60 heavy (non-hydrogen) atoms. The van der Waals surface area contributed by atoms with Gasteiger partial charge in [0.25, 0.3) is 0 Å². The Hall–Kier alpha value is -1.22. The van der Waals surface area contributed by atoms with E-state index in [1.54, 1.807) is 0 Å². The summed E-state index contributed by atoms with van der Waals surface area (Å²) in [6, 6.07) is 0. The quantitative estimate of drug-likeness (QED) is 0.0608. The molecular formula is C52H100N2O6. The second-order valence-electron chi connectivity index (χ2n) is 22.1. The first-order chi connectivity index (χ1) is 28.4. The minimum atomic E-state index is -0.893. The summed E-state index contributed by atoms with van der Waals surface area (Å²) in [7, 11) is 0. The van der Waals surface area contributed by atoms with Crippen LogP contribution in [-0.4, -0.2) is 67.6 Å². The van der Waals surface area contributed by atoms with Gasteiger partial charge in [0.15, 0.2) is 0 Å². The van der Waals surface area contributed by atoms with Crippen molar-refractivity contribution in [3.63, 3.8) is 0 Å². The SMILES string of the molecule is CCCCCCCCCCCCON1C(C)(C)CC(C(CCCCCCCC(=O)O)(C(=O)O)C2CC(C)(C)N(OCCCCCCCCCCCC)C(C)(C)C2)CC1(C)C. The third kappa shape index (κ3) is 18.5. The lowest BCUT2D eigenvalue weighted by Crippen LogP contribution is -2.67. The number of hydroxylamine groups is 4. The fourth-order valence-electron chi connectivity index (χ4n) is 11.9. The number of unbranched alkanes of at least 4 members (excludes halogenated alkanes) is 22. The molecule has 2 saturated heterocycles. The largest absolute Gasteiger partial charge is 0.481 e. The summed E-state index contributed by atoms with van der Waals surface area (Å²) in [4.78, 5) is 38.8. The molecule has 0 bridgehead atoms. The van der Waals surface area contributed by atoms with E-state index in [0.717, 1.165) is 64.2 Å². The van der Waals surface area contributed by atoms with Crippen LogP contribution in [-0.2, 0) is 19.3 Å². The molecule has 0 spiro atoms. The van der Waals surface area contributed by atoms with E-state index in [1.807, 2.05) is 0 Å². The number of nitrogens with zero attached hydrogens (tertiary/aromatic N) is 2. The highest BCUT2D eigenvalue weighted by molar-refractivity contribution is 5.76. The molecule has 2 fully saturated rings. The van der Waals surface area contributed by atoms with Crippen LogP contribution in [0.25, 0.3) is 0 Å². The van der Waals surface area contributed by atoms with Crippen molar-refractivity contribution in [3.8, 4) is 0 Å². The van der Waals surface area contributed by atoms with Gasteiger partial charge in [-0.25, -0.2) is 0 Å². The van der Waals surface area contributed by atoms with Crippen molar-refractivity contribution in [2.24, 2.45) is 17.3 Å². The van der Waals surface area contributed by atoms with Crippen molar-refractivity contribution in [2.45, 2.75) is 290 Å². The number of carboxylic acids is 2. The minimum absolute atomic E-state index is 0.0140. The molecule has 0 saturated carbocycles. The third-order valence-electron chi connectivity index (χ3n) is 14.5. The molecule has 0 atom stereocenters. The molecule has 0 aromatic heterocycles. The van der Waals surface area contributed by atoms with Crippen LogP contribution in [0.15, 0.2) is 0 Å². The fraction of sp³-hybridized carbons (Fsp3) is 0.962. The summed E-state index contributed by atoms with van der Waals surface area (Å²) in [6.07, 6.45) is 34.1. The first kappa shape index (κ1) is 54.9. The Bertz CT molecular complexity index is 1070. The lowest BCUT2D eigenvalue weighted by Gasteiger charge is -2.61. The van der Waals surface area contributed by atoms with Gasteiger partial charge in [-0.15, -0.1) is 0 Å². The second kappa shape index (κ2) is 27.9. The van der Waals surface area contributed by atoms with Crippen molar-refractivity contribution < 1.29 is 29.5 Å². The van der Waals surface area contributed by atoms with Gasteiger partial charge in [-0.2, -0.15) is 10.1 Å². The molecular weight excluding hydrogens is 749 g/mol. The lowest BCUT2D eigenvalue weighted by atomic mass is 9.52.